The molecule has 2 heterocycles. The molecule has 1 aromatic carbocycles. The van der Waals surface area contributed by atoms with Gasteiger partial charge in [-0.1, -0.05) is 17.3 Å². The number of methoxy groups -OCH3 is 1. The standard InChI is InChI=1S/C14H18N4O/c1-19-14-7-3-2-6-12(14)13-10-18(17-16-13)11-5-4-8-15-9-11/h2-3,6-7,10-11,15H,4-5,8-9H2,1H3. The quantitative estimate of drug-likeness (QED) is 0.913. The molecule has 0 saturated carbocycles. The molecule has 1 aliphatic rings. The van der Waals surface area contributed by atoms with E-state index in [1.165, 1.54) is 6.42 Å². The van der Waals surface area contributed by atoms with Crippen molar-refractivity contribution in [2.24, 2.45) is 0 Å². The number of hydrogen-bond acceptors (Lipinski definition) is 4. The van der Waals surface area contributed by atoms with Crippen molar-refractivity contribution in [3.05, 3.63) is 30.5 Å². The third kappa shape index (κ3) is 2.46. The molecular formula is C14H18N4O. The van der Waals surface area contributed by atoms with Gasteiger partial charge in [0, 0.05) is 12.1 Å². The van der Waals surface area contributed by atoms with Crippen molar-refractivity contribution in [2.75, 3.05) is 20.2 Å². The molecule has 100 valence electrons. The van der Waals surface area contributed by atoms with Crippen LogP contribution in [0.2, 0.25) is 0 Å². The van der Waals surface area contributed by atoms with Gasteiger partial charge >= 0.3 is 0 Å². The topological polar surface area (TPSA) is 52.0 Å². The van der Waals surface area contributed by atoms with Crippen molar-refractivity contribution in [1.82, 2.24) is 20.3 Å². The first kappa shape index (κ1) is 12.2. The van der Waals surface area contributed by atoms with Gasteiger partial charge in [0.25, 0.3) is 0 Å². The number of hydrogen-bond donors (Lipinski definition) is 1. The van der Waals surface area contributed by atoms with Gasteiger partial charge in [0.1, 0.15) is 11.4 Å². The van der Waals surface area contributed by atoms with Gasteiger partial charge < -0.3 is 10.1 Å². The molecule has 19 heavy (non-hydrogen) atoms. The molecule has 1 N–H and O–H groups in total. The molecule has 2 aromatic rings. The highest BCUT2D eigenvalue weighted by atomic mass is 16.5. The normalized spacial score (nSPS) is 19.3. The second-order valence-electron chi connectivity index (χ2n) is 4.78. The summed E-state index contributed by atoms with van der Waals surface area (Å²) in [5.41, 5.74) is 1.85. The Labute approximate surface area is 112 Å². The number of piperidine rings is 1. The minimum atomic E-state index is 0.407. The molecule has 3 rings (SSSR count). The maximum absolute atomic E-state index is 5.37. The molecule has 1 aliphatic heterocycles. The van der Waals surface area contributed by atoms with Crippen molar-refractivity contribution in [3.8, 4) is 17.0 Å². The van der Waals surface area contributed by atoms with Crippen molar-refractivity contribution in [2.45, 2.75) is 18.9 Å². The number of nitrogens with one attached hydrogen (secondary N) is 1. The lowest BCUT2D eigenvalue weighted by Crippen LogP contribution is -2.31. The van der Waals surface area contributed by atoms with Crippen LogP contribution >= 0.6 is 0 Å². The van der Waals surface area contributed by atoms with Gasteiger partial charge in [-0.15, -0.1) is 5.10 Å². The first-order valence-electron chi connectivity index (χ1n) is 6.64. The highest BCUT2D eigenvalue weighted by Gasteiger charge is 2.17. The summed E-state index contributed by atoms with van der Waals surface area (Å²) in [6.45, 7) is 2.07. The maximum atomic E-state index is 5.37. The Morgan fingerprint density at radius 2 is 2.26 bits per heavy atom. The predicted molar refractivity (Wildman–Crippen MR) is 73.2 cm³/mol. The summed E-state index contributed by atoms with van der Waals surface area (Å²) < 4.78 is 7.33. The number of para-hydroxylation sites is 1. The van der Waals surface area contributed by atoms with Gasteiger partial charge in [0.15, 0.2) is 0 Å². The predicted octanol–water partition coefficient (Wildman–Crippen LogP) is 1.88. The summed E-state index contributed by atoms with van der Waals surface area (Å²) in [6.07, 6.45) is 4.35. The molecule has 1 atom stereocenters. The Bertz CT molecular complexity index is 546. The van der Waals surface area contributed by atoms with Gasteiger partial charge in [-0.2, -0.15) is 0 Å². The van der Waals surface area contributed by atoms with Crippen molar-refractivity contribution < 1.29 is 4.74 Å². The molecule has 1 aromatic heterocycles. The fourth-order valence-corrected chi connectivity index (χ4v) is 2.49. The SMILES string of the molecule is COc1ccccc1-c1cn(C2CCCNC2)nn1. The zero-order valence-corrected chi connectivity index (χ0v) is 11.0. The monoisotopic (exact) mass is 258 g/mol. The van der Waals surface area contributed by atoms with Crippen LogP contribution in [-0.2, 0) is 0 Å². The van der Waals surface area contributed by atoms with Crippen LogP contribution in [-0.4, -0.2) is 35.2 Å². The Balaban J connectivity index is 1.88. The molecule has 1 fully saturated rings. The molecule has 1 unspecified atom stereocenters. The minimum absolute atomic E-state index is 0.407. The van der Waals surface area contributed by atoms with E-state index >= 15 is 0 Å². The van der Waals surface area contributed by atoms with Crippen LogP contribution in [0.3, 0.4) is 0 Å². The molecular weight excluding hydrogens is 240 g/mol. The molecule has 0 spiro atoms. The molecule has 5 heteroatoms. The van der Waals surface area contributed by atoms with E-state index in [2.05, 4.69) is 15.6 Å². The second-order valence-corrected chi connectivity index (χ2v) is 4.78. The van der Waals surface area contributed by atoms with Crippen LogP contribution in [0.1, 0.15) is 18.9 Å². The molecule has 1 saturated heterocycles. The number of rotatable bonds is 3. The Hall–Kier alpha value is -1.88. The maximum Gasteiger partial charge on any atom is 0.128 e. The van der Waals surface area contributed by atoms with Gasteiger partial charge in [-0.25, -0.2) is 4.68 Å². The zero-order chi connectivity index (χ0) is 13.1. The Morgan fingerprint density at radius 3 is 3.05 bits per heavy atom. The van der Waals surface area contributed by atoms with Gasteiger partial charge in [-0.05, 0) is 31.5 Å². The van der Waals surface area contributed by atoms with E-state index < -0.39 is 0 Å². The van der Waals surface area contributed by atoms with Crippen molar-refractivity contribution in [1.29, 1.82) is 0 Å². The number of aromatic nitrogens is 3. The van der Waals surface area contributed by atoms with Crippen LogP contribution in [0.25, 0.3) is 11.3 Å². The minimum Gasteiger partial charge on any atom is -0.496 e. The Kier molecular flexibility index (Phi) is 3.46. The van der Waals surface area contributed by atoms with E-state index in [4.69, 9.17) is 4.74 Å². The van der Waals surface area contributed by atoms with E-state index in [0.717, 1.165) is 36.5 Å². The van der Waals surface area contributed by atoms with Gasteiger partial charge in [0.2, 0.25) is 0 Å². The Morgan fingerprint density at radius 1 is 1.37 bits per heavy atom. The third-order valence-electron chi connectivity index (χ3n) is 3.54. The number of nitrogens with zero attached hydrogens (tertiary/aromatic N) is 3. The summed E-state index contributed by atoms with van der Waals surface area (Å²) in [5, 5.41) is 11.9. The largest absolute Gasteiger partial charge is 0.496 e. The van der Waals surface area contributed by atoms with Crippen molar-refractivity contribution >= 4 is 0 Å². The van der Waals surface area contributed by atoms with E-state index in [1.807, 2.05) is 35.1 Å². The number of benzene rings is 1. The molecule has 0 aliphatic carbocycles. The van der Waals surface area contributed by atoms with E-state index in [-0.39, 0.29) is 0 Å². The third-order valence-corrected chi connectivity index (χ3v) is 3.54. The summed E-state index contributed by atoms with van der Waals surface area (Å²) in [7, 11) is 1.67. The zero-order valence-electron chi connectivity index (χ0n) is 11.0. The molecule has 0 amide bonds. The molecule has 0 bridgehead atoms. The van der Waals surface area contributed by atoms with Crippen molar-refractivity contribution in [3.63, 3.8) is 0 Å². The van der Waals surface area contributed by atoms with Gasteiger partial charge in [0.05, 0.1) is 19.3 Å². The summed E-state index contributed by atoms with van der Waals surface area (Å²) >= 11 is 0. The summed E-state index contributed by atoms with van der Waals surface area (Å²) in [5.74, 6) is 0.830. The lowest BCUT2D eigenvalue weighted by Gasteiger charge is -2.22. The summed E-state index contributed by atoms with van der Waals surface area (Å²) in [6, 6.07) is 8.30. The van der Waals surface area contributed by atoms with Crippen LogP contribution < -0.4 is 10.1 Å². The van der Waals surface area contributed by atoms with Crippen LogP contribution in [0.5, 0.6) is 5.75 Å². The van der Waals surface area contributed by atoms with E-state index in [9.17, 15) is 0 Å². The van der Waals surface area contributed by atoms with Crippen LogP contribution in [0, 0.1) is 0 Å². The van der Waals surface area contributed by atoms with Crippen LogP contribution in [0.15, 0.2) is 30.5 Å². The fourth-order valence-electron chi connectivity index (χ4n) is 2.49. The van der Waals surface area contributed by atoms with Gasteiger partial charge in [-0.3, -0.25) is 0 Å². The average molecular weight is 258 g/mol. The summed E-state index contributed by atoms with van der Waals surface area (Å²) in [4.78, 5) is 0. The lowest BCUT2D eigenvalue weighted by molar-refractivity contribution is 0.341. The first-order valence-corrected chi connectivity index (χ1v) is 6.64. The smallest absolute Gasteiger partial charge is 0.128 e. The second kappa shape index (κ2) is 5.40. The molecule has 0 radical (unpaired) electrons. The highest BCUT2D eigenvalue weighted by molar-refractivity contribution is 5.65. The average Bonchev–Trinajstić information content (AvgIpc) is 2.98. The molecule has 5 nitrogen and oxygen atoms in total. The lowest BCUT2D eigenvalue weighted by atomic mass is 10.1. The van der Waals surface area contributed by atoms with E-state index in [1.54, 1.807) is 7.11 Å². The number of ether oxygens (including phenoxy) is 1. The van der Waals surface area contributed by atoms with Crippen LogP contribution in [0.4, 0.5) is 0 Å². The highest BCUT2D eigenvalue weighted by Crippen LogP contribution is 2.28. The first-order chi connectivity index (χ1) is 9.38. The fraction of sp³-hybridized carbons (Fsp3) is 0.429. The van der Waals surface area contributed by atoms with E-state index in [0.29, 0.717) is 6.04 Å².